The molecule has 8 heteroatoms. The molecule has 2 rings (SSSR count). The van der Waals surface area contributed by atoms with Crippen molar-refractivity contribution in [2.24, 2.45) is 0 Å². The summed E-state index contributed by atoms with van der Waals surface area (Å²) >= 11 is 0. The Labute approximate surface area is 345 Å². The zero-order valence-corrected chi connectivity index (χ0v) is 37.0. The number of hydrogen-bond donors (Lipinski definition) is 0. The van der Waals surface area contributed by atoms with Crippen molar-refractivity contribution in [2.75, 3.05) is 26.2 Å². The van der Waals surface area contributed by atoms with Gasteiger partial charge in [0.2, 0.25) is 0 Å². The van der Waals surface area contributed by atoms with Crippen LogP contribution >= 0.6 is 0 Å². The summed E-state index contributed by atoms with van der Waals surface area (Å²) in [5.41, 5.74) is 1.15. The summed E-state index contributed by atoms with van der Waals surface area (Å²) in [5.74, 6) is 0.591. The largest absolute Gasteiger partial charge is 0.466 e. The lowest BCUT2D eigenvalue weighted by molar-refractivity contribution is -0.150. The zero-order chi connectivity index (χ0) is 40.2. The summed E-state index contributed by atoms with van der Waals surface area (Å²) in [6.07, 6.45) is 43.2. The van der Waals surface area contributed by atoms with E-state index in [-0.39, 0.29) is 18.0 Å². The molecule has 1 aliphatic rings. The number of esters is 2. The Kier molecular flexibility index (Phi) is 32.0. The molecule has 324 valence electrons. The standard InChI is InChI=1S/C48H88N4O4/c1-4-7-10-13-16-17-23-31-42-55-47(53)34-28-24-30-39-51(40-41-52-43-46(49-50-52)44-36-37-44)38-29-22-18-21-27-35-48(54)56-45(32-25-19-14-11-8-5-2)33-26-20-15-12-9-6-3/h16-17,43-45H,4-15,18-42H2,1-3H3/b17-16-. The van der Waals surface area contributed by atoms with Crippen LogP contribution in [-0.4, -0.2) is 64.2 Å². The van der Waals surface area contributed by atoms with E-state index in [1.54, 1.807) is 0 Å². The summed E-state index contributed by atoms with van der Waals surface area (Å²) in [6, 6.07) is 0. The minimum atomic E-state index is -0.0548. The predicted octanol–water partition coefficient (Wildman–Crippen LogP) is 13.2. The van der Waals surface area contributed by atoms with Gasteiger partial charge >= 0.3 is 11.9 Å². The van der Waals surface area contributed by atoms with E-state index in [1.807, 2.05) is 4.68 Å². The van der Waals surface area contributed by atoms with E-state index in [0.717, 1.165) is 109 Å². The second-order valence-electron chi connectivity index (χ2n) is 16.9. The third-order valence-corrected chi connectivity index (χ3v) is 11.4. The molecule has 0 aromatic carbocycles. The first-order valence-corrected chi connectivity index (χ1v) is 24.2. The summed E-state index contributed by atoms with van der Waals surface area (Å²) in [6.45, 7) is 11.2. The van der Waals surface area contributed by atoms with Crippen LogP contribution in [0.15, 0.2) is 18.3 Å². The molecule has 0 bridgehead atoms. The lowest BCUT2D eigenvalue weighted by Gasteiger charge is -2.22. The van der Waals surface area contributed by atoms with E-state index >= 15 is 0 Å². The fourth-order valence-corrected chi connectivity index (χ4v) is 7.50. The van der Waals surface area contributed by atoms with E-state index in [0.29, 0.717) is 25.4 Å². The fourth-order valence-electron chi connectivity index (χ4n) is 7.50. The van der Waals surface area contributed by atoms with Crippen molar-refractivity contribution < 1.29 is 19.1 Å². The SMILES string of the molecule is CCCCC/C=C\CCCOC(=O)CCCCCN(CCCCCCCC(=O)OC(CCCCCCCC)CCCCCCCC)CCn1cc(C2CC2)nn1. The minimum Gasteiger partial charge on any atom is -0.466 e. The lowest BCUT2D eigenvalue weighted by atomic mass is 10.0. The van der Waals surface area contributed by atoms with Gasteiger partial charge < -0.3 is 14.4 Å². The summed E-state index contributed by atoms with van der Waals surface area (Å²) in [4.78, 5) is 27.7. The van der Waals surface area contributed by atoms with Crippen molar-refractivity contribution in [3.8, 4) is 0 Å². The average Bonchev–Trinajstić information content (AvgIpc) is 3.94. The highest BCUT2D eigenvalue weighted by Crippen LogP contribution is 2.38. The molecule has 0 amide bonds. The van der Waals surface area contributed by atoms with Crippen molar-refractivity contribution in [2.45, 2.75) is 245 Å². The number of aromatic nitrogens is 3. The predicted molar refractivity (Wildman–Crippen MR) is 234 cm³/mol. The maximum atomic E-state index is 12.8. The molecule has 1 saturated carbocycles. The maximum Gasteiger partial charge on any atom is 0.306 e. The molecule has 0 aliphatic heterocycles. The molecule has 8 nitrogen and oxygen atoms in total. The van der Waals surface area contributed by atoms with Crippen molar-refractivity contribution in [3.05, 3.63) is 24.0 Å². The maximum absolute atomic E-state index is 12.8. The Morgan fingerprint density at radius 1 is 0.661 bits per heavy atom. The topological polar surface area (TPSA) is 86.5 Å². The molecule has 0 spiro atoms. The van der Waals surface area contributed by atoms with E-state index in [9.17, 15) is 9.59 Å². The van der Waals surface area contributed by atoms with E-state index < -0.39 is 0 Å². The van der Waals surface area contributed by atoms with Gasteiger partial charge in [-0.15, -0.1) is 5.10 Å². The van der Waals surface area contributed by atoms with Crippen LogP contribution < -0.4 is 0 Å². The summed E-state index contributed by atoms with van der Waals surface area (Å²) in [7, 11) is 0. The van der Waals surface area contributed by atoms with Gasteiger partial charge in [-0.25, -0.2) is 0 Å². The quantitative estimate of drug-likeness (QED) is 0.0371. The third kappa shape index (κ3) is 29.1. The van der Waals surface area contributed by atoms with Crippen molar-refractivity contribution in [1.82, 2.24) is 19.9 Å². The molecule has 1 fully saturated rings. The van der Waals surface area contributed by atoms with Crippen LogP contribution in [0.5, 0.6) is 0 Å². The Morgan fingerprint density at radius 3 is 1.80 bits per heavy atom. The third-order valence-electron chi connectivity index (χ3n) is 11.4. The molecule has 56 heavy (non-hydrogen) atoms. The van der Waals surface area contributed by atoms with Crippen LogP contribution in [0.2, 0.25) is 0 Å². The first kappa shape index (κ1) is 49.9. The van der Waals surface area contributed by atoms with Crippen LogP contribution in [0.4, 0.5) is 0 Å². The van der Waals surface area contributed by atoms with Gasteiger partial charge in [0.15, 0.2) is 0 Å². The summed E-state index contributed by atoms with van der Waals surface area (Å²) < 4.78 is 13.6. The van der Waals surface area contributed by atoms with Gasteiger partial charge in [-0.2, -0.15) is 0 Å². The number of carbonyl (C=O) groups is 2. The number of ether oxygens (including phenoxy) is 2. The van der Waals surface area contributed by atoms with Gasteiger partial charge in [0.25, 0.3) is 0 Å². The van der Waals surface area contributed by atoms with Gasteiger partial charge in [0, 0.05) is 31.5 Å². The van der Waals surface area contributed by atoms with Crippen molar-refractivity contribution in [3.63, 3.8) is 0 Å². The first-order valence-electron chi connectivity index (χ1n) is 24.2. The van der Waals surface area contributed by atoms with Crippen molar-refractivity contribution >= 4 is 11.9 Å². The van der Waals surface area contributed by atoms with Gasteiger partial charge in [-0.1, -0.05) is 141 Å². The lowest BCUT2D eigenvalue weighted by Crippen LogP contribution is -2.30. The Morgan fingerprint density at radius 2 is 1.18 bits per heavy atom. The molecule has 1 heterocycles. The molecule has 0 unspecified atom stereocenters. The number of carbonyl (C=O) groups excluding carboxylic acids is 2. The normalized spacial score (nSPS) is 13.1. The number of rotatable bonds is 41. The number of allylic oxidation sites excluding steroid dienone is 2. The second-order valence-corrected chi connectivity index (χ2v) is 16.9. The molecule has 1 aliphatic carbocycles. The van der Waals surface area contributed by atoms with E-state index in [4.69, 9.17) is 9.47 Å². The Bertz CT molecular complexity index is 1070. The molecule has 0 radical (unpaired) electrons. The van der Waals surface area contributed by atoms with Gasteiger partial charge in [-0.05, 0) is 103 Å². The van der Waals surface area contributed by atoms with Gasteiger partial charge in [-0.3, -0.25) is 14.3 Å². The summed E-state index contributed by atoms with van der Waals surface area (Å²) in [5, 5.41) is 8.81. The van der Waals surface area contributed by atoms with Gasteiger partial charge in [0.05, 0.1) is 18.8 Å². The molecular formula is C48H88N4O4. The monoisotopic (exact) mass is 785 g/mol. The average molecular weight is 785 g/mol. The minimum absolute atomic E-state index is 0.0188. The smallest absolute Gasteiger partial charge is 0.306 e. The number of hydrogen-bond acceptors (Lipinski definition) is 7. The number of unbranched alkanes of at least 4 members (excludes halogenated alkanes) is 20. The highest BCUT2D eigenvalue weighted by molar-refractivity contribution is 5.69. The molecule has 0 saturated heterocycles. The van der Waals surface area contributed by atoms with E-state index in [2.05, 4.69) is 54.3 Å². The van der Waals surface area contributed by atoms with Crippen molar-refractivity contribution in [1.29, 1.82) is 0 Å². The highest BCUT2D eigenvalue weighted by atomic mass is 16.5. The first-order chi connectivity index (χ1) is 27.5. The van der Waals surface area contributed by atoms with Crippen LogP contribution in [0.3, 0.4) is 0 Å². The molecular weight excluding hydrogens is 697 g/mol. The Balaban J connectivity index is 1.63. The fraction of sp³-hybridized carbons (Fsp3) is 0.875. The molecule has 1 aromatic rings. The van der Waals surface area contributed by atoms with Crippen LogP contribution in [0.1, 0.15) is 238 Å². The molecule has 0 N–H and O–H groups in total. The van der Waals surface area contributed by atoms with Crippen LogP contribution in [0, 0.1) is 0 Å². The van der Waals surface area contributed by atoms with Crippen LogP contribution in [-0.2, 0) is 25.6 Å². The van der Waals surface area contributed by atoms with Crippen LogP contribution in [0.25, 0.3) is 0 Å². The zero-order valence-electron chi connectivity index (χ0n) is 37.0. The molecule has 0 atom stereocenters. The second kappa shape index (κ2) is 35.9. The molecule has 1 aromatic heterocycles. The van der Waals surface area contributed by atoms with Gasteiger partial charge in [0.1, 0.15) is 6.10 Å². The number of nitrogens with zero attached hydrogens (tertiary/aromatic N) is 4. The van der Waals surface area contributed by atoms with E-state index in [1.165, 1.54) is 116 Å². The highest BCUT2D eigenvalue weighted by Gasteiger charge is 2.26. The Hall–Kier alpha value is -2.22.